The molecule has 10 heavy (non-hydrogen) atoms. The number of aliphatic carboxylic acids is 1. The topological polar surface area (TPSA) is 97.5 Å². The number of nitrogens with two attached hydrogens (primary N) is 1. The first-order valence-electron chi connectivity index (χ1n) is 2.61. The van der Waals surface area contributed by atoms with Crippen molar-refractivity contribution in [3.8, 4) is 0 Å². The number of rotatable bonds is 3. The molecule has 6 heteroatoms. The second kappa shape index (κ2) is 2.98. The van der Waals surface area contributed by atoms with Crippen molar-refractivity contribution in [3.63, 3.8) is 0 Å². The first kappa shape index (κ1) is 9.38. The average molecular weight is 167 g/mol. The lowest BCUT2D eigenvalue weighted by Crippen LogP contribution is -2.39. The van der Waals surface area contributed by atoms with E-state index in [1.807, 2.05) is 0 Å². The van der Waals surface area contributed by atoms with Crippen molar-refractivity contribution in [1.29, 1.82) is 0 Å². The summed E-state index contributed by atoms with van der Waals surface area (Å²) in [5, 5.41) is 6.36. The van der Waals surface area contributed by atoms with Gasteiger partial charge < -0.3 is 10.8 Å². The monoisotopic (exact) mass is 167 g/mol. The van der Waals surface area contributed by atoms with Crippen LogP contribution < -0.4 is 5.73 Å². The molecule has 0 fully saturated rings. The zero-order chi connectivity index (χ0) is 8.36. The number of carboxylic acids is 1. The van der Waals surface area contributed by atoms with Crippen LogP contribution in [-0.4, -0.2) is 30.6 Å². The fraction of sp³-hybridized carbons (Fsp3) is 0.750. The van der Waals surface area contributed by atoms with E-state index in [0.717, 1.165) is 0 Å². The average Bonchev–Trinajstić information content (AvgIpc) is 1.86. The number of hydrogen-bond donors (Lipinski definition) is 2. The summed E-state index contributed by atoms with van der Waals surface area (Å²) in [6.45, 7) is 1.35. The van der Waals surface area contributed by atoms with E-state index < -0.39 is 21.2 Å². The predicted molar refractivity (Wildman–Crippen MR) is 35.1 cm³/mol. The van der Waals surface area contributed by atoms with Crippen molar-refractivity contribution in [3.05, 3.63) is 0 Å². The molecule has 0 amide bonds. The molecule has 60 valence electrons. The summed E-state index contributed by atoms with van der Waals surface area (Å²) in [7, 11) is -3.62. The molecular formula is C4H9NO4S. The minimum absolute atomic E-state index is 0.250. The van der Waals surface area contributed by atoms with Crippen LogP contribution in [0.4, 0.5) is 0 Å². The third-order valence-corrected chi connectivity index (χ3v) is 2.81. The zero-order valence-corrected chi connectivity index (χ0v) is 6.26. The quantitative estimate of drug-likeness (QED) is 0.549. The second-order valence-corrected chi connectivity index (χ2v) is 4.12. The first-order valence-corrected chi connectivity index (χ1v) is 4.33. The van der Waals surface area contributed by atoms with Crippen molar-refractivity contribution in [1.82, 2.24) is 0 Å². The van der Waals surface area contributed by atoms with Gasteiger partial charge in [0.2, 0.25) is 5.37 Å². The van der Waals surface area contributed by atoms with Gasteiger partial charge in [0.05, 0.1) is 0 Å². The number of sulfone groups is 1. The van der Waals surface area contributed by atoms with E-state index in [1.54, 1.807) is 0 Å². The lowest BCUT2D eigenvalue weighted by Gasteiger charge is -2.03. The van der Waals surface area contributed by atoms with Gasteiger partial charge in [0.25, 0.3) is 0 Å². The van der Waals surface area contributed by atoms with E-state index in [1.165, 1.54) is 6.92 Å². The Morgan fingerprint density at radius 1 is 1.70 bits per heavy atom. The van der Waals surface area contributed by atoms with E-state index in [4.69, 9.17) is 10.8 Å². The summed E-state index contributed by atoms with van der Waals surface area (Å²) >= 11 is 0. The SMILES string of the molecule is CCS(=O)(=O)C(N)C(=O)O. The normalized spacial score (nSPS) is 14.6. The molecule has 1 atom stereocenters. The molecule has 0 aliphatic carbocycles. The molecule has 0 radical (unpaired) electrons. The van der Waals surface area contributed by atoms with E-state index in [9.17, 15) is 13.2 Å². The van der Waals surface area contributed by atoms with Gasteiger partial charge in [-0.3, -0.25) is 0 Å². The standard InChI is InChI=1S/C4H9NO4S/c1-2-10(8,9)3(5)4(6)7/h3H,2,5H2,1H3,(H,6,7). The molecule has 0 bridgehead atoms. The highest BCUT2D eigenvalue weighted by Crippen LogP contribution is 1.94. The number of carboxylic acid groups (broad SMARTS) is 1. The second-order valence-electron chi connectivity index (χ2n) is 1.71. The maximum atomic E-state index is 10.6. The fourth-order valence-corrected chi connectivity index (χ4v) is 0.999. The highest BCUT2D eigenvalue weighted by Gasteiger charge is 2.25. The smallest absolute Gasteiger partial charge is 0.336 e. The van der Waals surface area contributed by atoms with Gasteiger partial charge in [0.1, 0.15) is 0 Å². The Balaban J connectivity index is 4.51. The summed E-state index contributed by atoms with van der Waals surface area (Å²) in [5.74, 6) is -1.76. The minimum Gasteiger partial charge on any atom is -0.479 e. The van der Waals surface area contributed by atoms with E-state index in [0.29, 0.717) is 0 Å². The van der Waals surface area contributed by atoms with Crippen molar-refractivity contribution in [2.45, 2.75) is 12.3 Å². The van der Waals surface area contributed by atoms with Crippen LogP contribution in [0.25, 0.3) is 0 Å². The molecule has 0 saturated heterocycles. The summed E-state index contributed by atoms with van der Waals surface area (Å²) in [4.78, 5) is 10.0. The molecule has 0 aromatic carbocycles. The van der Waals surface area contributed by atoms with Crippen LogP contribution in [0.2, 0.25) is 0 Å². The van der Waals surface area contributed by atoms with Crippen LogP contribution in [-0.2, 0) is 14.6 Å². The van der Waals surface area contributed by atoms with Gasteiger partial charge in [-0.25, -0.2) is 13.2 Å². The first-order chi connectivity index (χ1) is 4.41. The Bertz CT molecular complexity index is 219. The molecule has 1 unspecified atom stereocenters. The molecule has 0 aliphatic heterocycles. The molecule has 0 aromatic heterocycles. The Labute approximate surface area is 58.8 Å². The summed E-state index contributed by atoms with van der Waals surface area (Å²) in [5.41, 5.74) is 4.82. The van der Waals surface area contributed by atoms with Crippen molar-refractivity contribution in [2.24, 2.45) is 5.73 Å². The van der Waals surface area contributed by atoms with Crippen LogP contribution in [0, 0.1) is 0 Å². The van der Waals surface area contributed by atoms with E-state index >= 15 is 0 Å². The third-order valence-electron chi connectivity index (χ3n) is 1.03. The van der Waals surface area contributed by atoms with Gasteiger partial charge in [-0.1, -0.05) is 6.92 Å². The van der Waals surface area contributed by atoms with Gasteiger partial charge in [0.15, 0.2) is 9.84 Å². The summed E-state index contributed by atoms with van der Waals surface area (Å²) in [6.07, 6.45) is 0. The zero-order valence-electron chi connectivity index (χ0n) is 5.44. The molecule has 0 saturated carbocycles. The summed E-state index contributed by atoms with van der Waals surface area (Å²) < 4.78 is 21.3. The van der Waals surface area contributed by atoms with Crippen LogP contribution in [0.3, 0.4) is 0 Å². The van der Waals surface area contributed by atoms with Crippen molar-refractivity contribution in [2.75, 3.05) is 5.75 Å². The third kappa shape index (κ3) is 1.96. The largest absolute Gasteiger partial charge is 0.479 e. The summed E-state index contributed by atoms with van der Waals surface area (Å²) in [6, 6.07) is 0. The van der Waals surface area contributed by atoms with Crippen molar-refractivity contribution >= 4 is 15.8 Å². The van der Waals surface area contributed by atoms with E-state index in [2.05, 4.69) is 0 Å². The fourth-order valence-electron chi connectivity index (χ4n) is 0.333. The highest BCUT2D eigenvalue weighted by molar-refractivity contribution is 7.92. The van der Waals surface area contributed by atoms with Crippen LogP contribution in [0.1, 0.15) is 6.92 Å². The van der Waals surface area contributed by atoms with Gasteiger partial charge in [-0.2, -0.15) is 0 Å². The van der Waals surface area contributed by atoms with Gasteiger partial charge in [-0.05, 0) is 0 Å². The van der Waals surface area contributed by atoms with Crippen LogP contribution in [0.15, 0.2) is 0 Å². The number of carbonyl (C=O) groups is 1. The van der Waals surface area contributed by atoms with Crippen molar-refractivity contribution < 1.29 is 18.3 Å². The molecule has 0 spiro atoms. The predicted octanol–water partition coefficient (Wildman–Crippen LogP) is -1.21. The van der Waals surface area contributed by atoms with Gasteiger partial charge in [-0.15, -0.1) is 0 Å². The molecule has 0 rings (SSSR count). The van der Waals surface area contributed by atoms with E-state index in [-0.39, 0.29) is 5.75 Å². The maximum Gasteiger partial charge on any atom is 0.336 e. The van der Waals surface area contributed by atoms with Gasteiger partial charge in [0, 0.05) is 5.75 Å². The molecule has 0 heterocycles. The molecule has 5 nitrogen and oxygen atoms in total. The molecule has 3 N–H and O–H groups in total. The van der Waals surface area contributed by atoms with Gasteiger partial charge >= 0.3 is 5.97 Å². The maximum absolute atomic E-state index is 10.6. The Morgan fingerprint density at radius 3 is 2.20 bits per heavy atom. The Hall–Kier alpha value is -0.620. The molecule has 0 aliphatic rings. The Kier molecular flexibility index (Phi) is 2.79. The lowest BCUT2D eigenvalue weighted by molar-refractivity contribution is -0.136. The number of hydrogen-bond acceptors (Lipinski definition) is 4. The lowest BCUT2D eigenvalue weighted by atomic mass is 10.7. The van der Waals surface area contributed by atoms with Crippen LogP contribution >= 0.6 is 0 Å². The molecule has 0 aromatic rings. The highest BCUT2D eigenvalue weighted by atomic mass is 32.2. The van der Waals surface area contributed by atoms with Crippen LogP contribution in [0.5, 0.6) is 0 Å². The Morgan fingerprint density at radius 2 is 2.10 bits per heavy atom. The molecular weight excluding hydrogens is 158 g/mol. The minimum atomic E-state index is -3.62.